The molecule has 0 aromatic rings. The van der Waals surface area contributed by atoms with Crippen molar-refractivity contribution < 1.29 is 0 Å². The highest BCUT2D eigenvalue weighted by atomic mass is 14.6. The van der Waals surface area contributed by atoms with E-state index < -0.39 is 0 Å². The molecule has 0 saturated heterocycles. The third kappa shape index (κ3) is 24.3. The fourth-order valence-corrected chi connectivity index (χ4v) is 26.4. The number of hydrogen-bond donors (Lipinski definition) is 0. The molecule has 0 heteroatoms. The normalized spacial score (nSPS) is 40.5. The minimum absolute atomic E-state index is 0.563. The van der Waals surface area contributed by atoms with Crippen molar-refractivity contribution in [2.24, 2.45) is 180 Å². The molecule has 0 amide bonds. The van der Waals surface area contributed by atoms with Crippen LogP contribution in [-0.4, -0.2) is 0 Å². The Morgan fingerprint density at radius 3 is 0.907 bits per heavy atom. The van der Waals surface area contributed by atoms with Crippen molar-refractivity contribution in [1.82, 2.24) is 0 Å². The van der Waals surface area contributed by atoms with Crippen molar-refractivity contribution in [2.45, 2.75) is 438 Å². The first-order valence-electron chi connectivity index (χ1n) is 45.2. The standard InChI is InChI=1S/C18H30.C14H26.C14H28.C13H24.2C13H26.C12H24/c1-11-4-15(5-12(11)2)18(3)16-7-13-6-14(9-16)10-17(18)8-13;1-11-9-13(10-12(11)2)14(3)7-5-4-6-8-14;1-10(2)9-14(5,6)13-7-11(3)12(4)8-13;1-11-6-7-12(10-11)13(2)8-4-3-5-9-13;1-10(2)9-13(4,5)12-7-6-11(3)8-12;1-6-7-13(4,5)12-8-10(2)11(3)9-12;1-5-8-12(3,4)11-7-6-10(2)9-11/h11-17H,4-10H2,1-3H3;11-13H,4-10H2,1-3H3;10-13H,7-9H2,1-6H3;11-12H,3-10H2,1-2H3;2*10-12H,6-9H2,1-5H3;10-11H,5-9H2,1-4H3. The molecule has 13 aliphatic rings. The van der Waals surface area contributed by atoms with Crippen molar-refractivity contribution in [3.8, 4) is 0 Å². The smallest absolute Gasteiger partial charge is 0.0240 e. The summed E-state index contributed by atoms with van der Waals surface area (Å²) < 4.78 is 0. The second-order valence-electron chi connectivity index (χ2n) is 45.1. The predicted octanol–water partition coefficient (Wildman–Crippen LogP) is 32.1. The summed E-state index contributed by atoms with van der Waals surface area (Å²) in [5.74, 6) is 24.1. The Morgan fingerprint density at radius 1 is 0.289 bits per heavy atom. The summed E-state index contributed by atoms with van der Waals surface area (Å²) in [6.45, 7) is 68.5. The minimum atomic E-state index is 0.563. The van der Waals surface area contributed by atoms with Gasteiger partial charge in [-0.05, 0) is 353 Å². The molecule has 97 heavy (non-hydrogen) atoms. The zero-order valence-electron chi connectivity index (χ0n) is 72.2. The van der Waals surface area contributed by atoms with E-state index in [4.69, 9.17) is 0 Å². The van der Waals surface area contributed by atoms with E-state index in [9.17, 15) is 0 Å². The van der Waals surface area contributed by atoms with E-state index in [1.807, 2.05) is 0 Å². The van der Waals surface area contributed by atoms with Gasteiger partial charge in [-0.1, -0.05) is 264 Å². The van der Waals surface area contributed by atoms with Crippen molar-refractivity contribution in [1.29, 1.82) is 0 Å². The predicted molar refractivity (Wildman–Crippen MR) is 435 cm³/mol. The first kappa shape index (κ1) is 85.9. The Labute approximate surface area is 614 Å². The van der Waals surface area contributed by atoms with E-state index >= 15 is 0 Å². The van der Waals surface area contributed by atoms with E-state index in [1.165, 1.54) is 199 Å². The molecule has 13 aliphatic carbocycles. The van der Waals surface area contributed by atoms with Crippen LogP contribution >= 0.6 is 0 Å². The fourth-order valence-electron chi connectivity index (χ4n) is 26.4. The van der Waals surface area contributed by atoms with Gasteiger partial charge in [0.1, 0.15) is 0 Å². The molecule has 0 spiro atoms. The second-order valence-corrected chi connectivity index (χ2v) is 45.1. The molecular weight excluding hydrogens is 1170 g/mol. The highest BCUT2D eigenvalue weighted by Crippen LogP contribution is 2.67. The van der Waals surface area contributed by atoms with Crippen LogP contribution in [0.2, 0.25) is 0 Å². The molecule has 13 fully saturated rings. The molecule has 572 valence electrons. The van der Waals surface area contributed by atoms with Gasteiger partial charge in [0.05, 0.1) is 0 Å². The lowest BCUT2D eigenvalue weighted by Gasteiger charge is -2.62. The van der Waals surface area contributed by atoms with E-state index in [0.717, 1.165) is 158 Å². The van der Waals surface area contributed by atoms with E-state index in [2.05, 4.69) is 194 Å². The Hall–Kier alpha value is 0. The van der Waals surface area contributed by atoms with Gasteiger partial charge in [-0.15, -0.1) is 0 Å². The molecular formula is C97H184. The van der Waals surface area contributed by atoms with Gasteiger partial charge in [0.2, 0.25) is 0 Å². The molecule has 0 radical (unpaired) electrons. The molecule has 13 saturated carbocycles. The van der Waals surface area contributed by atoms with Crippen molar-refractivity contribution in [3.63, 3.8) is 0 Å². The molecule has 0 heterocycles. The van der Waals surface area contributed by atoms with Crippen molar-refractivity contribution >= 4 is 0 Å². The Bertz CT molecular complexity index is 2100. The van der Waals surface area contributed by atoms with Crippen LogP contribution in [0.4, 0.5) is 0 Å². The van der Waals surface area contributed by atoms with E-state index in [1.54, 1.807) is 44.9 Å². The van der Waals surface area contributed by atoms with Crippen LogP contribution in [0.15, 0.2) is 0 Å². The van der Waals surface area contributed by atoms with Crippen LogP contribution in [0.25, 0.3) is 0 Å². The Kier molecular flexibility index (Phi) is 33.2. The van der Waals surface area contributed by atoms with Gasteiger partial charge in [0.25, 0.3) is 0 Å². The summed E-state index contributed by atoms with van der Waals surface area (Å²) in [6, 6.07) is 0. The first-order chi connectivity index (χ1) is 45.2. The van der Waals surface area contributed by atoms with Crippen molar-refractivity contribution in [2.75, 3.05) is 0 Å². The lowest BCUT2D eigenvalue weighted by molar-refractivity contribution is -0.129. The molecule has 13 rings (SSSR count). The maximum atomic E-state index is 2.72. The molecule has 0 nitrogen and oxygen atoms in total. The molecule has 0 aliphatic heterocycles. The van der Waals surface area contributed by atoms with Crippen LogP contribution in [0.1, 0.15) is 438 Å². The molecule has 0 aromatic carbocycles. The molecule has 4 bridgehead atoms. The van der Waals surface area contributed by atoms with Gasteiger partial charge in [-0.2, -0.15) is 0 Å². The van der Waals surface area contributed by atoms with E-state index in [0.29, 0.717) is 21.7 Å². The summed E-state index contributed by atoms with van der Waals surface area (Å²) in [5.41, 5.74) is 4.55. The molecule has 14 atom stereocenters. The number of rotatable bonds is 15. The fraction of sp³-hybridized carbons (Fsp3) is 1.00. The van der Waals surface area contributed by atoms with Gasteiger partial charge in [-0.25, -0.2) is 0 Å². The summed E-state index contributed by atoms with van der Waals surface area (Å²) >= 11 is 0. The van der Waals surface area contributed by atoms with Gasteiger partial charge in [-0.3, -0.25) is 0 Å². The minimum Gasteiger partial charge on any atom is -0.0654 e. The monoisotopic (exact) mass is 1350 g/mol. The maximum Gasteiger partial charge on any atom is -0.0240 e. The van der Waals surface area contributed by atoms with Gasteiger partial charge in [0.15, 0.2) is 0 Å². The second kappa shape index (κ2) is 37.5. The largest absolute Gasteiger partial charge is 0.0654 e. The Morgan fingerprint density at radius 2 is 0.577 bits per heavy atom. The average molecular weight is 1350 g/mol. The van der Waals surface area contributed by atoms with Crippen LogP contribution in [0.3, 0.4) is 0 Å². The first-order valence-corrected chi connectivity index (χ1v) is 45.2. The third-order valence-corrected chi connectivity index (χ3v) is 34.0. The Balaban J connectivity index is 0.000000180. The van der Waals surface area contributed by atoms with Crippen LogP contribution in [-0.2, 0) is 0 Å². The van der Waals surface area contributed by atoms with Gasteiger partial charge < -0.3 is 0 Å². The lowest BCUT2D eigenvalue weighted by atomic mass is 9.43. The topological polar surface area (TPSA) is 0 Å². The summed E-state index contributed by atoms with van der Waals surface area (Å²) in [6.07, 6.45) is 56.7. The summed E-state index contributed by atoms with van der Waals surface area (Å²) in [5, 5.41) is 0. The van der Waals surface area contributed by atoms with Gasteiger partial charge >= 0.3 is 0 Å². The van der Waals surface area contributed by atoms with Gasteiger partial charge in [0, 0.05) is 0 Å². The number of hydrogen-bond acceptors (Lipinski definition) is 0. The SMILES string of the molecule is CC(C)CC(C)(C)C1CC(C)C(C)C1.CC(C)CC(C)(C)C1CCC(C)C1.CC1CC(C2(C)C3CC4CC(C3)CC2C4)CC1C.CC1CC(C2(C)CCCCC2)CC1C.CC1CCC(C2(C)CCCCC2)C1.CCCC(C)(C)C1CC(C)C(C)C1.CCCC(C)(C)C1CCC(C)C1. The van der Waals surface area contributed by atoms with E-state index in [-0.39, 0.29) is 0 Å². The average Bonchev–Trinajstić information content (AvgIpc) is 1.73. The quantitative estimate of drug-likeness (QED) is 0.153. The zero-order chi connectivity index (χ0) is 72.2. The molecule has 14 unspecified atom stereocenters. The molecule has 0 aromatic heterocycles. The zero-order valence-corrected chi connectivity index (χ0v) is 72.2. The summed E-state index contributed by atoms with van der Waals surface area (Å²) in [4.78, 5) is 0. The lowest BCUT2D eigenvalue weighted by Crippen LogP contribution is -2.54. The highest BCUT2D eigenvalue weighted by Gasteiger charge is 2.59. The van der Waals surface area contributed by atoms with Crippen molar-refractivity contribution in [3.05, 3.63) is 0 Å². The summed E-state index contributed by atoms with van der Waals surface area (Å²) in [7, 11) is 0. The maximum absolute atomic E-state index is 2.72. The highest BCUT2D eigenvalue weighted by molar-refractivity contribution is 5.08. The van der Waals surface area contributed by atoms with Crippen LogP contribution in [0, 0.1) is 180 Å². The van der Waals surface area contributed by atoms with Crippen LogP contribution in [0.5, 0.6) is 0 Å². The van der Waals surface area contributed by atoms with Crippen LogP contribution < -0.4 is 0 Å². The third-order valence-electron chi connectivity index (χ3n) is 34.0. The molecule has 0 N–H and O–H groups in total.